The molecule has 2 rings (SSSR count). The summed E-state index contributed by atoms with van der Waals surface area (Å²) < 4.78 is 0. The highest BCUT2D eigenvalue weighted by Gasteiger charge is 2.47. The van der Waals surface area contributed by atoms with E-state index in [1.54, 1.807) is 0 Å². The third-order valence-electron chi connectivity index (χ3n) is 5.70. The van der Waals surface area contributed by atoms with Gasteiger partial charge in [-0.2, -0.15) is 0 Å². The number of aliphatic hydroxyl groups is 1. The van der Waals surface area contributed by atoms with Gasteiger partial charge in [-0.3, -0.25) is 19.6 Å². The Balaban J connectivity index is 2.24. The monoisotopic (exact) mass is 419 g/mol. The molecular weight excluding hydrogens is 386 g/mol. The van der Waals surface area contributed by atoms with E-state index < -0.39 is 23.3 Å². The van der Waals surface area contributed by atoms with E-state index in [0.717, 1.165) is 24.8 Å². The summed E-state index contributed by atoms with van der Waals surface area (Å²) >= 11 is 0. The summed E-state index contributed by atoms with van der Waals surface area (Å²) in [5, 5.41) is 26.1. The summed E-state index contributed by atoms with van der Waals surface area (Å²) in [5.74, 6) is -2.90. The number of aryl methyl sites for hydroxylation is 1. The first-order valence-electron chi connectivity index (χ1n) is 10.6. The third kappa shape index (κ3) is 6.81. The van der Waals surface area contributed by atoms with Gasteiger partial charge in [-0.25, -0.2) is 5.48 Å². The van der Waals surface area contributed by atoms with E-state index in [9.17, 15) is 24.7 Å². The standard InChI is InChI=1S/C22H33N3O5/c1-16-8-5-6-15-23-19(26)13-14-22(29,21(28)25-30)18(20(27)24-16)12-7-11-17-9-3-2-4-10-17/h2-4,9-10,16,18,29-30H,5-8,11-15H2,1H3,(H,23,26)(H,24,27)(H,25,28)/t16-,18+,22-/m1/s1. The summed E-state index contributed by atoms with van der Waals surface area (Å²) in [7, 11) is 0. The second kappa shape index (κ2) is 11.7. The molecular formula is C22H33N3O5. The first-order valence-corrected chi connectivity index (χ1v) is 10.6. The Hall–Kier alpha value is -2.45. The molecule has 0 radical (unpaired) electrons. The molecule has 30 heavy (non-hydrogen) atoms. The molecule has 3 amide bonds. The van der Waals surface area contributed by atoms with Gasteiger partial charge in [0.15, 0.2) is 5.60 Å². The summed E-state index contributed by atoms with van der Waals surface area (Å²) in [4.78, 5) is 37.6. The van der Waals surface area contributed by atoms with Crippen LogP contribution in [0.2, 0.25) is 0 Å². The van der Waals surface area contributed by atoms with E-state index in [4.69, 9.17) is 0 Å². The molecule has 3 atom stereocenters. The van der Waals surface area contributed by atoms with Crippen LogP contribution in [0.15, 0.2) is 30.3 Å². The molecule has 0 aromatic heterocycles. The van der Waals surface area contributed by atoms with Crippen molar-refractivity contribution in [2.24, 2.45) is 5.92 Å². The van der Waals surface area contributed by atoms with Gasteiger partial charge in [0.05, 0.1) is 5.92 Å². The lowest BCUT2D eigenvalue weighted by molar-refractivity contribution is -0.162. The topological polar surface area (TPSA) is 128 Å². The number of carbonyl (C=O) groups excluding carboxylic acids is 3. The Kier molecular flexibility index (Phi) is 9.26. The second-order valence-electron chi connectivity index (χ2n) is 8.05. The van der Waals surface area contributed by atoms with Crippen molar-refractivity contribution in [3.8, 4) is 0 Å². The maximum atomic E-state index is 13.1. The van der Waals surface area contributed by atoms with E-state index in [-0.39, 0.29) is 31.2 Å². The van der Waals surface area contributed by atoms with E-state index in [1.165, 1.54) is 5.48 Å². The largest absolute Gasteiger partial charge is 0.379 e. The molecule has 1 saturated heterocycles. The van der Waals surface area contributed by atoms with Crippen LogP contribution >= 0.6 is 0 Å². The SMILES string of the molecule is C[C@@H]1CCCCNC(=O)CC[C@](O)(C(=O)NO)[C@@H](CCCc2ccccc2)C(=O)N1. The van der Waals surface area contributed by atoms with E-state index in [1.807, 2.05) is 37.3 Å². The van der Waals surface area contributed by atoms with Crippen LogP contribution in [0.3, 0.4) is 0 Å². The molecule has 0 saturated carbocycles. The molecule has 1 aliphatic heterocycles. The second-order valence-corrected chi connectivity index (χ2v) is 8.05. The van der Waals surface area contributed by atoms with Crippen LogP contribution in [0, 0.1) is 5.92 Å². The van der Waals surface area contributed by atoms with Crippen molar-refractivity contribution in [1.82, 2.24) is 16.1 Å². The predicted molar refractivity (Wildman–Crippen MR) is 111 cm³/mol. The van der Waals surface area contributed by atoms with Gasteiger partial charge < -0.3 is 15.7 Å². The summed E-state index contributed by atoms with van der Waals surface area (Å²) in [6.07, 6.45) is 3.43. The number of rotatable bonds is 5. The molecule has 0 bridgehead atoms. The van der Waals surface area contributed by atoms with Gasteiger partial charge in [0.1, 0.15) is 0 Å². The number of nitrogens with one attached hydrogen (secondary N) is 3. The van der Waals surface area contributed by atoms with Crippen molar-refractivity contribution in [2.45, 2.75) is 69.9 Å². The number of hydrogen-bond donors (Lipinski definition) is 5. The average Bonchev–Trinajstić information content (AvgIpc) is 2.74. The molecule has 5 N–H and O–H groups in total. The number of hydrogen-bond acceptors (Lipinski definition) is 5. The van der Waals surface area contributed by atoms with Gasteiger partial charge in [-0.05, 0) is 57.4 Å². The van der Waals surface area contributed by atoms with E-state index in [2.05, 4.69) is 10.6 Å². The van der Waals surface area contributed by atoms with Crippen molar-refractivity contribution in [3.05, 3.63) is 35.9 Å². The molecule has 166 valence electrons. The van der Waals surface area contributed by atoms with Gasteiger partial charge in [-0.1, -0.05) is 30.3 Å². The van der Waals surface area contributed by atoms with Crippen LogP contribution in [0.4, 0.5) is 0 Å². The highest BCUT2D eigenvalue weighted by Crippen LogP contribution is 2.29. The fraction of sp³-hybridized carbons (Fsp3) is 0.591. The van der Waals surface area contributed by atoms with E-state index >= 15 is 0 Å². The lowest BCUT2D eigenvalue weighted by Gasteiger charge is -2.34. The van der Waals surface area contributed by atoms with Crippen LogP contribution in [0.5, 0.6) is 0 Å². The van der Waals surface area contributed by atoms with Crippen molar-refractivity contribution >= 4 is 17.7 Å². The quantitative estimate of drug-likeness (QED) is 0.365. The fourth-order valence-corrected chi connectivity index (χ4v) is 3.90. The molecule has 0 unspecified atom stereocenters. The van der Waals surface area contributed by atoms with Gasteiger partial charge in [-0.15, -0.1) is 0 Å². The summed E-state index contributed by atoms with van der Waals surface area (Å²) in [5.41, 5.74) is 0.378. The smallest absolute Gasteiger partial charge is 0.276 e. The van der Waals surface area contributed by atoms with Crippen LogP contribution in [-0.2, 0) is 20.8 Å². The Morgan fingerprint density at radius 3 is 2.67 bits per heavy atom. The Morgan fingerprint density at radius 2 is 1.97 bits per heavy atom. The van der Waals surface area contributed by atoms with Crippen LogP contribution in [-0.4, -0.2) is 46.2 Å². The Labute approximate surface area is 177 Å². The highest BCUT2D eigenvalue weighted by molar-refractivity contribution is 5.92. The number of amides is 3. The summed E-state index contributed by atoms with van der Waals surface area (Å²) in [6, 6.07) is 9.59. The molecule has 1 fully saturated rings. The van der Waals surface area contributed by atoms with Crippen LogP contribution < -0.4 is 16.1 Å². The first kappa shape index (κ1) is 23.8. The van der Waals surface area contributed by atoms with Crippen LogP contribution in [0.25, 0.3) is 0 Å². The van der Waals surface area contributed by atoms with Gasteiger partial charge in [0.25, 0.3) is 5.91 Å². The molecule has 1 aliphatic rings. The van der Waals surface area contributed by atoms with Crippen molar-refractivity contribution in [2.75, 3.05) is 6.54 Å². The first-order chi connectivity index (χ1) is 14.4. The minimum Gasteiger partial charge on any atom is -0.379 e. The van der Waals surface area contributed by atoms with Gasteiger partial charge in [0, 0.05) is 19.0 Å². The third-order valence-corrected chi connectivity index (χ3v) is 5.70. The number of carbonyl (C=O) groups is 3. The lowest BCUT2D eigenvalue weighted by atomic mass is 9.78. The fourth-order valence-electron chi connectivity index (χ4n) is 3.90. The normalized spacial score (nSPS) is 26.4. The zero-order valence-corrected chi connectivity index (χ0v) is 17.5. The Bertz CT molecular complexity index is 712. The number of hydroxylamine groups is 1. The lowest BCUT2D eigenvalue weighted by Crippen LogP contribution is -2.57. The zero-order chi connectivity index (χ0) is 22.0. The van der Waals surface area contributed by atoms with E-state index in [0.29, 0.717) is 19.4 Å². The molecule has 1 aromatic rings. The van der Waals surface area contributed by atoms with Gasteiger partial charge in [0.2, 0.25) is 11.8 Å². The predicted octanol–water partition coefficient (Wildman–Crippen LogP) is 1.45. The number of benzene rings is 1. The molecule has 8 nitrogen and oxygen atoms in total. The molecule has 0 spiro atoms. The minimum atomic E-state index is -2.19. The maximum absolute atomic E-state index is 13.1. The van der Waals surface area contributed by atoms with Crippen molar-refractivity contribution in [1.29, 1.82) is 0 Å². The zero-order valence-electron chi connectivity index (χ0n) is 17.5. The minimum absolute atomic E-state index is 0.123. The van der Waals surface area contributed by atoms with Crippen molar-refractivity contribution in [3.63, 3.8) is 0 Å². The Morgan fingerprint density at radius 1 is 1.23 bits per heavy atom. The molecule has 8 heteroatoms. The van der Waals surface area contributed by atoms with Crippen molar-refractivity contribution < 1.29 is 24.7 Å². The van der Waals surface area contributed by atoms with Crippen LogP contribution in [0.1, 0.15) is 57.4 Å². The average molecular weight is 420 g/mol. The highest BCUT2D eigenvalue weighted by atomic mass is 16.5. The van der Waals surface area contributed by atoms with Gasteiger partial charge >= 0.3 is 0 Å². The molecule has 1 heterocycles. The maximum Gasteiger partial charge on any atom is 0.276 e. The summed E-state index contributed by atoms with van der Waals surface area (Å²) in [6.45, 7) is 2.38. The molecule has 1 aromatic carbocycles. The molecule has 0 aliphatic carbocycles.